The van der Waals surface area contributed by atoms with Crippen molar-refractivity contribution in [2.75, 3.05) is 25.0 Å². The molecule has 0 aliphatic rings. The number of carbonyl (C=O) groups is 1. The molecule has 0 saturated heterocycles. The van der Waals surface area contributed by atoms with Crippen molar-refractivity contribution in [3.8, 4) is 0 Å². The normalized spacial score (nSPS) is 10.1. The van der Waals surface area contributed by atoms with Gasteiger partial charge in [-0.25, -0.2) is 0 Å². The summed E-state index contributed by atoms with van der Waals surface area (Å²) in [6.07, 6.45) is 0. The molecule has 0 saturated carbocycles. The van der Waals surface area contributed by atoms with Crippen molar-refractivity contribution in [1.29, 1.82) is 0 Å². The van der Waals surface area contributed by atoms with E-state index in [9.17, 15) is 14.9 Å². The second-order valence-electron chi connectivity index (χ2n) is 4.41. The molecule has 1 heterocycles. The second kappa shape index (κ2) is 6.56. The number of anilines is 1. The Balaban J connectivity index is 1.82. The molecule has 21 heavy (non-hydrogen) atoms. The van der Waals surface area contributed by atoms with Gasteiger partial charge < -0.3 is 14.6 Å². The Labute approximate surface area is 121 Å². The van der Waals surface area contributed by atoms with E-state index in [2.05, 4.69) is 5.32 Å². The van der Waals surface area contributed by atoms with Gasteiger partial charge in [0, 0.05) is 25.8 Å². The molecule has 1 aromatic heterocycles. The first-order chi connectivity index (χ1) is 10.1. The van der Waals surface area contributed by atoms with Crippen LogP contribution < -0.4 is 10.2 Å². The van der Waals surface area contributed by atoms with Gasteiger partial charge in [0.2, 0.25) is 0 Å². The number of amides is 1. The summed E-state index contributed by atoms with van der Waals surface area (Å²) in [5, 5.41) is 13.1. The number of para-hydroxylation sites is 1. The van der Waals surface area contributed by atoms with E-state index in [0.29, 0.717) is 13.1 Å². The number of hydrogen-bond donors (Lipinski definition) is 1. The van der Waals surface area contributed by atoms with Gasteiger partial charge in [-0.3, -0.25) is 14.9 Å². The van der Waals surface area contributed by atoms with Crippen LogP contribution in [-0.2, 0) is 0 Å². The Kier molecular flexibility index (Phi) is 4.55. The fourth-order valence-electron chi connectivity index (χ4n) is 1.78. The van der Waals surface area contributed by atoms with E-state index < -0.39 is 16.7 Å². The lowest BCUT2D eigenvalue weighted by Gasteiger charge is -2.19. The Morgan fingerprint density at radius 2 is 2.00 bits per heavy atom. The van der Waals surface area contributed by atoms with Crippen LogP contribution in [0.3, 0.4) is 0 Å². The number of likely N-dealkylation sites (N-methyl/N-ethyl adjacent to an activating group) is 1. The minimum atomic E-state index is -0.681. The van der Waals surface area contributed by atoms with Gasteiger partial charge in [0.25, 0.3) is 5.91 Å². The Bertz CT molecular complexity index is 624. The Morgan fingerprint density at radius 3 is 2.62 bits per heavy atom. The molecule has 1 amide bonds. The van der Waals surface area contributed by atoms with E-state index in [4.69, 9.17) is 4.42 Å². The highest BCUT2D eigenvalue weighted by Crippen LogP contribution is 2.15. The summed E-state index contributed by atoms with van der Waals surface area (Å²) in [6, 6.07) is 12.2. The van der Waals surface area contributed by atoms with Gasteiger partial charge in [-0.15, -0.1) is 0 Å². The summed E-state index contributed by atoms with van der Waals surface area (Å²) in [7, 11) is 1.92. The monoisotopic (exact) mass is 289 g/mol. The summed E-state index contributed by atoms with van der Waals surface area (Å²) in [5.41, 5.74) is 1.04. The first-order valence-electron chi connectivity index (χ1n) is 6.36. The van der Waals surface area contributed by atoms with Crippen molar-refractivity contribution >= 4 is 17.5 Å². The molecule has 0 spiro atoms. The van der Waals surface area contributed by atoms with Gasteiger partial charge >= 0.3 is 5.88 Å². The molecule has 0 unspecified atom stereocenters. The number of hydrogen-bond acceptors (Lipinski definition) is 5. The van der Waals surface area contributed by atoms with Crippen LogP contribution in [0.25, 0.3) is 0 Å². The number of nitro groups is 1. The van der Waals surface area contributed by atoms with Gasteiger partial charge in [-0.2, -0.15) is 0 Å². The van der Waals surface area contributed by atoms with E-state index in [0.717, 1.165) is 11.8 Å². The van der Waals surface area contributed by atoms with Crippen LogP contribution in [0.5, 0.6) is 0 Å². The zero-order chi connectivity index (χ0) is 15.2. The quantitative estimate of drug-likeness (QED) is 0.649. The molecule has 0 radical (unpaired) electrons. The van der Waals surface area contributed by atoms with Crippen molar-refractivity contribution in [3.63, 3.8) is 0 Å². The highest BCUT2D eigenvalue weighted by Gasteiger charge is 2.16. The minimum Gasteiger partial charge on any atom is -0.395 e. The first kappa shape index (κ1) is 14.6. The third kappa shape index (κ3) is 3.82. The predicted octanol–water partition coefficient (Wildman–Crippen LogP) is 2.05. The smallest absolute Gasteiger partial charge is 0.395 e. The van der Waals surface area contributed by atoms with E-state index >= 15 is 0 Å². The van der Waals surface area contributed by atoms with Gasteiger partial charge in [-0.1, -0.05) is 18.2 Å². The molecule has 0 atom stereocenters. The molecule has 7 nitrogen and oxygen atoms in total. The van der Waals surface area contributed by atoms with Crippen LogP contribution in [0.2, 0.25) is 0 Å². The van der Waals surface area contributed by atoms with Gasteiger partial charge in [0.15, 0.2) is 5.76 Å². The minimum absolute atomic E-state index is 0.0657. The topological polar surface area (TPSA) is 88.6 Å². The maximum absolute atomic E-state index is 11.8. The lowest BCUT2D eigenvalue weighted by molar-refractivity contribution is -0.402. The number of furan rings is 1. The zero-order valence-corrected chi connectivity index (χ0v) is 11.5. The molecule has 1 aromatic carbocycles. The molecule has 110 valence electrons. The van der Waals surface area contributed by atoms with Crippen molar-refractivity contribution < 1.29 is 14.1 Å². The number of carbonyl (C=O) groups excluding carboxylic acids is 1. The van der Waals surface area contributed by atoms with Crippen LogP contribution in [-0.4, -0.2) is 31.0 Å². The molecule has 0 aliphatic carbocycles. The molecule has 0 aliphatic heterocycles. The van der Waals surface area contributed by atoms with Gasteiger partial charge in [-0.05, 0) is 18.2 Å². The predicted molar refractivity (Wildman–Crippen MR) is 77.4 cm³/mol. The number of nitrogens with zero attached hydrogens (tertiary/aromatic N) is 2. The Morgan fingerprint density at radius 1 is 1.29 bits per heavy atom. The molecular formula is C14H15N3O4. The molecule has 0 bridgehead atoms. The molecule has 7 heteroatoms. The fourth-order valence-corrected chi connectivity index (χ4v) is 1.78. The largest absolute Gasteiger partial charge is 0.433 e. The van der Waals surface area contributed by atoms with E-state index in [1.54, 1.807) is 0 Å². The first-order valence-corrected chi connectivity index (χ1v) is 6.36. The van der Waals surface area contributed by atoms with Gasteiger partial charge in [0.1, 0.15) is 4.92 Å². The lowest BCUT2D eigenvalue weighted by atomic mass is 10.3. The molecular weight excluding hydrogens is 274 g/mol. The Hall–Kier alpha value is -2.83. The van der Waals surface area contributed by atoms with Crippen LogP contribution >= 0.6 is 0 Å². The van der Waals surface area contributed by atoms with Crippen LogP contribution in [0.15, 0.2) is 46.9 Å². The molecule has 2 rings (SSSR count). The number of nitrogens with one attached hydrogen (secondary N) is 1. The summed E-state index contributed by atoms with van der Waals surface area (Å²) >= 11 is 0. The fraction of sp³-hybridized carbons (Fsp3) is 0.214. The second-order valence-corrected chi connectivity index (χ2v) is 4.41. The summed E-state index contributed by atoms with van der Waals surface area (Å²) in [5.74, 6) is -0.977. The van der Waals surface area contributed by atoms with Crippen molar-refractivity contribution in [2.24, 2.45) is 0 Å². The summed E-state index contributed by atoms with van der Waals surface area (Å²) in [6.45, 7) is 1.01. The maximum atomic E-state index is 11.8. The average molecular weight is 289 g/mol. The third-order valence-electron chi connectivity index (χ3n) is 2.93. The van der Waals surface area contributed by atoms with Crippen LogP contribution in [0, 0.1) is 10.1 Å². The highest BCUT2D eigenvalue weighted by atomic mass is 16.6. The SMILES string of the molecule is CN(CCNC(=O)c1ccc([N+](=O)[O-])o1)c1ccccc1. The van der Waals surface area contributed by atoms with Crippen LogP contribution in [0.4, 0.5) is 11.6 Å². The zero-order valence-electron chi connectivity index (χ0n) is 11.5. The maximum Gasteiger partial charge on any atom is 0.433 e. The standard InChI is InChI=1S/C14H15N3O4/c1-16(11-5-3-2-4-6-11)10-9-15-14(18)12-7-8-13(21-12)17(19)20/h2-8H,9-10H2,1H3,(H,15,18). The summed E-state index contributed by atoms with van der Waals surface area (Å²) < 4.78 is 4.82. The highest BCUT2D eigenvalue weighted by molar-refractivity contribution is 5.91. The number of rotatable bonds is 6. The average Bonchev–Trinajstić information content (AvgIpc) is 2.98. The molecule has 0 fully saturated rings. The molecule has 1 N–H and O–H groups in total. The van der Waals surface area contributed by atoms with Gasteiger partial charge in [0.05, 0.1) is 6.07 Å². The van der Waals surface area contributed by atoms with Crippen molar-refractivity contribution in [1.82, 2.24) is 5.32 Å². The van der Waals surface area contributed by atoms with Crippen molar-refractivity contribution in [2.45, 2.75) is 0 Å². The summed E-state index contributed by atoms with van der Waals surface area (Å²) in [4.78, 5) is 23.5. The van der Waals surface area contributed by atoms with E-state index in [1.165, 1.54) is 6.07 Å². The van der Waals surface area contributed by atoms with E-state index in [-0.39, 0.29) is 5.76 Å². The van der Waals surface area contributed by atoms with Crippen molar-refractivity contribution in [3.05, 3.63) is 58.3 Å². The molecule has 2 aromatic rings. The van der Waals surface area contributed by atoms with E-state index in [1.807, 2.05) is 42.3 Å². The lowest BCUT2D eigenvalue weighted by Crippen LogP contribution is -2.32. The number of benzene rings is 1. The third-order valence-corrected chi connectivity index (χ3v) is 2.93. The van der Waals surface area contributed by atoms with Crippen LogP contribution in [0.1, 0.15) is 10.6 Å².